The molecule has 1 fully saturated rings. The highest BCUT2D eigenvalue weighted by Crippen LogP contribution is 2.38. The van der Waals surface area contributed by atoms with Crippen LogP contribution in [0.5, 0.6) is 0 Å². The van der Waals surface area contributed by atoms with Crippen LogP contribution in [0.2, 0.25) is 0 Å². The Hall–Kier alpha value is -0.830. The summed E-state index contributed by atoms with van der Waals surface area (Å²) in [6, 6.07) is 0. The molecule has 0 spiro atoms. The Balaban J connectivity index is 2.57. The molecule has 0 aromatic heterocycles. The second-order valence-electron chi connectivity index (χ2n) is 4.79. The average molecular weight is 212 g/mol. The Labute approximate surface area is 91.4 Å². The SMILES string of the molecule is C=C(C)C1CC(COC(C)=O)C(C)(C)O1. The standard InChI is InChI=1S/C12H20O3/c1-8(2)11-6-10(7-14-9(3)13)12(4,5)15-11/h10-11H,1,6-7H2,2-5H3. The van der Waals surface area contributed by atoms with Gasteiger partial charge in [0.2, 0.25) is 0 Å². The molecule has 0 amide bonds. The van der Waals surface area contributed by atoms with Gasteiger partial charge >= 0.3 is 5.97 Å². The maximum absolute atomic E-state index is 10.7. The highest BCUT2D eigenvalue weighted by atomic mass is 16.5. The largest absolute Gasteiger partial charge is 0.465 e. The first-order valence-corrected chi connectivity index (χ1v) is 5.29. The van der Waals surface area contributed by atoms with Crippen LogP contribution in [0.1, 0.15) is 34.1 Å². The first kappa shape index (κ1) is 12.2. The van der Waals surface area contributed by atoms with Gasteiger partial charge in [0, 0.05) is 12.8 Å². The van der Waals surface area contributed by atoms with Crippen molar-refractivity contribution < 1.29 is 14.3 Å². The van der Waals surface area contributed by atoms with E-state index in [4.69, 9.17) is 9.47 Å². The van der Waals surface area contributed by atoms with E-state index in [1.54, 1.807) is 0 Å². The van der Waals surface area contributed by atoms with E-state index in [1.165, 1.54) is 6.92 Å². The zero-order valence-corrected chi connectivity index (χ0v) is 10.0. The molecule has 0 radical (unpaired) electrons. The maximum atomic E-state index is 10.7. The highest BCUT2D eigenvalue weighted by molar-refractivity contribution is 5.65. The van der Waals surface area contributed by atoms with Gasteiger partial charge in [-0.2, -0.15) is 0 Å². The fourth-order valence-corrected chi connectivity index (χ4v) is 1.84. The zero-order valence-electron chi connectivity index (χ0n) is 10.0. The van der Waals surface area contributed by atoms with E-state index in [2.05, 4.69) is 6.58 Å². The lowest BCUT2D eigenvalue weighted by atomic mass is 9.90. The van der Waals surface area contributed by atoms with Crippen LogP contribution in [0.25, 0.3) is 0 Å². The van der Waals surface area contributed by atoms with Crippen molar-refractivity contribution in [2.24, 2.45) is 5.92 Å². The fraction of sp³-hybridized carbons (Fsp3) is 0.750. The minimum Gasteiger partial charge on any atom is -0.465 e. The van der Waals surface area contributed by atoms with Crippen LogP contribution >= 0.6 is 0 Å². The predicted octanol–water partition coefficient (Wildman–Crippen LogP) is 2.31. The molecular weight excluding hydrogens is 192 g/mol. The molecule has 0 saturated carbocycles. The van der Waals surface area contributed by atoms with Gasteiger partial charge in [-0.1, -0.05) is 12.2 Å². The first-order valence-electron chi connectivity index (χ1n) is 5.29. The topological polar surface area (TPSA) is 35.5 Å². The smallest absolute Gasteiger partial charge is 0.302 e. The summed E-state index contributed by atoms with van der Waals surface area (Å²) in [5, 5.41) is 0. The van der Waals surface area contributed by atoms with Crippen molar-refractivity contribution in [1.29, 1.82) is 0 Å². The monoisotopic (exact) mass is 212 g/mol. The van der Waals surface area contributed by atoms with Crippen LogP contribution in [0.3, 0.4) is 0 Å². The minimum absolute atomic E-state index is 0.0977. The molecule has 15 heavy (non-hydrogen) atoms. The van der Waals surface area contributed by atoms with Gasteiger partial charge in [0.15, 0.2) is 0 Å². The molecule has 2 unspecified atom stereocenters. The van der Waals surface area contributed by atoms with Gasteiger partial charge in [0.1, 0.15) is 0 Å². The van der Waals surface area contributed by atoms with Crippen molar-refractivity contribution in [2.75, 3.05) is 6.61 Å². The van der Waals surface area contributed by atoms with Gasteiger partial charge in [-0.15, -0.1) is 0 Å². The second-order valence-corrected chi connectivity index (χ2v) is 4.79. The molecule has 1 heterocycles. The van der Waals surface area contributed by atoms with Crippen LogP contribution in [-0.4, -0.2) is 24.3 Å². The number of ether oxygens (including phenoxy) is 2. The van der Waals surface area contributed by atoms with Crippen molar-refractivity contribution in [1.82, 2.24) is 0 Å². The van der Waals surface area contributed by atoms with Gasteiger partial charge in [-0.05, 0) is 27.2 Å². The molecular formula is C12H20O3. The Morgan fingerprint density at radius 1 is 1.53 bits per heavy atom. The third-order valence-electron chi connectivity index (χ3n) is 2.97. The Morgan fingerprint density at radius 2 is 2.13 bits per heavy atom. The van der Waals surface area contributed by atoms with Crippen molar-refractivity contribution in [3.63, 3.8) is 0 Å². The molecule has 0 N–H and O–H groups in total. The predicted molar refractivity (Wildman–Crippen MR) is 58.5 cm³/mol. The average Bonchev–Trinajstić information content (AvgIpc) is 2.37. The van der Waals surface area contributed by atoms with Gasteiger partial charge in [-0.3, -0.25) is 4.79 Å². The van der Waals surface area contributed by atoms with Crippen LogP contribution in [0, 0.1) is 5.92 Å². The van der Waals surface area contributed by atoms with E-state index in [1.807, 2.05) is 20.8 Å². The number of carbonyl (C=O) groups is 1. The van der Waals surface area contributed by atoms with Crippen molar-refractivity contribution in [3.05, 3.63) is 12.2 Å². The van der Waals surface area contributed by atoms with Crippen LogP contribution in [0.4, 0.5) is 0 Å². The summed E-state index contributed by atoms with van der Waals surface area (Å²) in [4.78, 5) is 10.7. The van der Waals surface area contributed by atoms with Gasteiger partial charge in [0.05, 0.1) is 18.3 Å². The van der Waals surface area contributed by atoms with Gasteiger partial charge in [0.25, 0.3) is 0 Å². The molecule has 1 rings (SSSR count). The third kappa shape index (κ3) is 3.06. The van der Waals surface area contributed by atoms with E-state index in [-0.39, 0.29) is 23.6 Å². The number of hydrogen-bond donors (Lipinski definition) is 0. The molecule has 0 aromatic rings. The summed E-state index contributed by atoms with van der Waals surface area (Å²) < 4.78 is 10.9. The Bertz CT molecular complexity index is 268. The summed E-state index contributed by atoms with van der Waals surface area (Å²) in [7, 11) is 0. The first-order chi connectivity index (χ1) is 6.83. The third-order valence-corrected chi connectivity index (χ3v) is 2.97. The van der Waals surface area contributed by atoms with Crippen molar-refractivity contribution in [2.45, 2.75) is 45.8 Å². The van der Waals surface area contributed by atoms with E-state index in [0.717, 1.165) is 12.0 Å². The Morgan fingerprint density at radius 3 is 2.53 bits per heavy atom. The Kier molecular flexibility index (Phi) is 3.55. The fourth-order valence-electron chi connectivity index (χ4n) is 1.84. The summed E-state index contributed by atoms with van der Waals surface area (Å²) >= 11 is 0. The van der Waals surface area contributed by atoms with Gasteiger partial charge < -0.3 is 9.47 Å². The molecule has 86 valence electrons. The number of hydrogen-bond acceptors (Lipinski definition) is 3. The summed E-state index contributed by atoms with van der Waals surface area (Å²) in [5.41, 5.74) is 0.799. The number of esters is 1. The molecule has 2 atom stereocenters. The lowest BCUT2D eigenvalue weighted by Gasteiger charge is -2.25. The van der Waals surface area contributed by atoms with E-state index >= 15 is 0 Å². The lowest BCUT2D eigenvalue weighted by molar-refractivity contribution is -0.143. The van der Waals surface area contributed by atoms with E-state index in [0.29, 0.717) is 6.61 Å². The van der Waals surface area contributed by atoms with Crippen molar-refractivity contribution in [3.8, 4) is 0 Å². The molecule has 1 aliphatic heterocycles. The van der Waals surface area contributed by atoms with Gasteiger partial charge in [-0.25, -0.2) is 0 Å². The number of rotatable bonds is 3. The molecule has 3 heteroatoms. The van der Waals surface area contributed by atoms with E-state index < -0.39 is 0 Å². The van der Waals surface area contributed by atoms with Crippen molar-refractivity contribution >= 4 is 5.97 Å². The maximum Gasteiger partial charge on any atom is 0.302 e. The molecule has 0 aromatic carbocycles. The normalized spacial score (nSPS) is 28.8. The van der Waals surface area contributed by atoms with Crippen LogP contribution < -0.4 is 0 Å². The minimum atomic E-state index is -0.237. The van der Waals surface area contributed by atoms with E-state index in [9.17, 15) is 4.79 Å². The molecule has 1 saturated heterocycles. The highest BCUT2D eigenvalue weighted by Gasteiger charge is 2.42. The number of carbonyl (C=O) groups excluding carboxylic acids is 1. The quantitative estimate of drug-likeness (QED) is 0.532. The molecule has 3 nitrogen and oxygen atoms in total. The molecule has 0 aliphatic carbocycles. The summed E-state index contributed by atoms with van der Waals surface area (Å²) in [6.07, 6.45) is 0.982. The molecule has 0 bridgehead atoms. The van der Waals surface area contributed by atoms with Crippen LogP contribution in [0.15, 0.2) is 12.2 Å². The lowest BCUT2D eigenvalue weighted by Crippen LogP contribution is -2.31. The summed E-state index contributed by atoms with van der Waals surface area (Å²) in [6.45, 7) is 11.8. The summed E-state index contributed by atoms with van der Waals surface area (Å²) in [5.74, 6) is 0.0210. The molecule has 1 aliphatic rings. The van der Waals surface area contributed by atoms with Crippen LogP contribution in [-0.2, 0) is 14.3 Å². The zero-order chi connectivity index (χ0) is 11.6. The second kappa shape index (κ2) is 4.35.